The molecule has 2 aliphatic rings. The quantitative estimate of drug-likeness (QED) is 0.702. The van der Waals surface area contributed by atoms with E-state index in [2.05, 4.69) is 0 Å². The minimum absolute atomic E-state index is 0.0174. The van der Waals surface area contributed by atoms with E-state index >= 15 is 0 Å². The molecular weight excluding hydrogens is 262 g/mol. The monoisotopic (exact) mass is 285 g/mol. The van der Waals surface area contributed by atoms with Gasteiger partial charge in [0.05, 0.1) is 19.8 Å². The molecule has 114 valence electrons. The van der Waals surface area contributed by atoms with Gasteiger partial charge in [-0.1, -0.05) is 0 Å². The molecule has 2 N–H and O–H groups in total. The Morgan fingerprint density at radius 3 is 2.70 bits per heavy atom. The van der Waals surface area contributed by atoms with Gasteiger partial charge in [-0.2, -0.15) is 0 Å². The zero-order valence-electron chi connectivity index (χ0n) is 11.9. The topological polar surface area (TPSA) is 85.1 Å². The molecule has 2 atom stereocenters. The van der Waals surface area contributed by atoms with Crippen molar-refractivity contribution in [2.24, 2.45) is 5.73 Å². The summed E-state index contributed by atoms with van der Waals surface area (Å²) in [6.07, 6.45) is 1.55. The molecule has 2 heterocycles. The Labute approximate surface area is 119 Å². The van der Waals surface area contributed by atoms with Crippen LogP contribution in [0.15, 0.2) is 0 Å². The lowest BCUT2D eigenvalue weighted by Gasteiger charge is -2.33. The minimum atomic E-state index is -0.696. The first kappa shape index (κ1) is 15.2. The Morgan fingerprint density at radius 2 is 2.05 bits per heavy atom. The van der Waals surface area contributed by atoms with Crippen molar-refractivity contribution >= 4 is 11.8 Å². The zero-order chi connectivity index (χ0) is 14.5. The van der Waals surface area contributed by atoms with Crippen molar-refractivity contribution in [3.8, 4) is 0 Å². The summed E-state index contributed by atoms with van der Waals surface area (Å²) in [6.45, 7) is 3.10. The molecule has 2 amide bonds. The van der Waals surface area contributed by atoms with Crippen LogP contribution >= 0.6 is 0 Å². The summed E-state index contributed by atoms with van der Waals surface area (Å²) >= 11 is 0. The number of methoxy groups -OCH3 is 1. The highest BCUT2D eigenvalue weighted by Crippen LogP contribution is 2.20. The second-order valence-corrected chi connectivity index (χ2v) is 5.19. The Hall–Kier alpha value is -1.18. The van der Waals surface area contributed by atoms with E-state index in [1.165, 1.54) is 7.11 Å². The molecule has 20 heavy (non-hydrogen) atoms. The summed E-state index contributed by atoms with van der Waals surface area (Å²) < 4.78 is 10.2. The van der Waals surface area contributed by atoms with Crippen molar-refractivity contribution in [1.29, 1.82) is 0 Å². The van der Waals surface area contributed by atoms with Gasteiger partial charge in [0.2, 0.25) is 11.8 Å². The molecule has 2 rings (SSSR count). The number of carbonyl (C=O) groups excluding carboxylic acids is 2. The summed E-state index contributed by atoms with van der Waals surface area (Å²) in [5.41, 5.74) is 5.79. The van der Waals surface area contributed by atoms with E-state index in [4.69, 9.17) is 15.2 Å². The van der Waals surface area contributed by atoms with Gasteiger partial charge in [-0.3, -0.25) is 9.59 Å². The molecule has 2 unspecified atom stereocenters. The molecule has 2 fully saturated rings. The number of amides is 2. The number of rotatable bonds is 4. The first-order valence-electron chi connectivity index (χ1n) is 7.06. The van der Waals surface area contributed by atoms with Gasteiger partial charge in [0.15, 0.2) is 0 Å². The van der Waals surface area contributed by atoms with E-state index < -0.39 is 6.04 Å². The molecule has 0 aromatic heterocycles. The fourth-order valence-electron chi connectivity index (χ4n) is 2.75. The van der Waals surface area contributed by atoms with Crippen LogP contribution in [-0.2, 0) is 19.1 Å². The van der Waals surface area contributed by atoms with Gasteiger partial charge in [-0.05, 0) is 12.8 Å². The van der Waals surface area contributed by atoms with Crippen molar-refractivity contribution in [3.63, 3.8) is 0 Å². The van der Waals surface area contributed by atoms with Crippen LogP contribution in [0, 0.1) is 0 Å². The van der Waals surface area contributed by atoms with Crippen molar-refractivity contribution in [3.05, 3.63) is 0 Å². The Balaban J connectivity index is 1.99. The third kappa shape index (κ3) is 3.28. The number of likely N-dealkylation sites (tertiary alicyclic amines) is 1. The highest BCUT2D eigenvalue weighted by molar-refractivity contribution is 5.90. The smallest absolute Gasteiger partial charge is 0.245 e. The third-order valence-corrected chi connectivity index (χ3v) is 3.81. The number of hydrogen-bond donors (Lipinski definition) is 1. The van der Waals surface area contributed by atoms with Crippen LogP contribution in [-0.4, -0.2) is 80.3 Å². The van der Waals surface area contributed by atoms with Gasteiger partial charge in [0.1, 0.15) is 12.1 Å². The number of nitrogens with two attached hydrogens (primary N) is 1. The fourth-order valence-corrected chi connectivity index (χ4v) is 2.75. The first-order valence-corrected chi connectivity index (χ1v) is 7.06. The maximum Gasteiger partial charge on any atom is 0.245 e. The van der Waals surface area contributed by atoms with Gasteiger partial charge in [-0.25, -0.2) is 0 Å². The Bertz CT molecular complexity index is 358. The molecule has 0 aromatic carbocycles. The van der Waals surface area contributed by atoms with Gasteiger partial charge >= 0.3 is 0 Å². The molecule has 0 bridgehead atoms. The molecule has 0 saturated carbocycles. The van der Waals surface area contributed by atoms with E-state index in [9.17, 15) is 9.59 Å². The lowest BCUT2D eigenvalue weighted by atomic mass is 10.1. The second kappa shape index (κ2) is 7.01. The lowest BCUT2D eigenvalue weighted by Crippen LogP contribution is -2.54. The largest absolute Gasteiger partial charge is 0.383 e. The van der Waals surface area contributed by atoms with Crippen LogP contribution in [0.3, 0.4) is 0 Å². The summed E-state index contributed by atoms with van der Waals surface area (Å²) in [6, 6.07) is -1.07. The molecule has 0 aromatic rings. The second-order valence-electron chi connectivity index (χ2n) is 5.19. The van der Waals surface area contributed by atoms with E-state index in [0.29, 0.717) is 39.3 Å². The van der Waals surface area contributed by atoms with E-state index in [1.54, 1.807) is 9.80 Å². The number of nitrogens with zero attached hydrogens (tertiary/aromatic N) is 2. The van der Waals surface area contributed by atoms with Gasteiger partial charge in [0, 0.05) is 26.7 Å². The SMILES string of the molecule is COCC(N)C(=O)N1CCCC1C(=O)N1CCOCC1. The maximum atomic E-state index is 12.5. The average Bonchev–Trinajstić information content (AvgIpc) is 2.96. The number of carbonyl (C=O) groups is 2. The predicted molar refractivity (Wildman–Crippen MR) is 72.0 cm³/mol. The molecular formula is C13H23N3O4. The maximum absolute atomic E-state index is 12.5. The normalized spacial score (nSPS) is 24.8. The molecule has 0 aliphatic carbocycles. The van der Waals surface area contributed by atoms with Crippen LogP contribution < -0.4 is 5.73 Å². The average molecular weight is 285 g/mol. The van der Waals surface area contributed by atoms with E-state index in [1.807, 2.05) is 0 Å². The van der Waals surface area contributed by atoms with E-state index in [0.717, 1.165) is 6.42 Å². The Kier molecular flexibility index (Phi) is 5.33. The molecule has 7 heteroatoms. The van der Waals surface area contributed by atoms with Crippen LogP contribution in [0.5, 0.6) is 0 Å². The standard InChI is InChI=1S/C13H23N3O4/c1-19-9-10(14)12(17)16-4-2-3-11(16)13(18)15-5-7-20-8-6-15/h10-11H,2-9,14H2,1H3. The van der Waals surface area contributed by atoms with Crippen LogP contribution in [0.25, 0.3) is 0 Å². The summed E-state index contributed by atoms with van der Waals surface area (Å²) in [5.74, 6) is -0.181. The summed E-state index contributed by atoms with van der Waals surface area (Å²) in [5, 5.41) is 0. The van der Waals surface area contributed by atoms with Crippen molar-refractivity contribution < 1.29 is 19.1 Å². The highest BCUT2D eigenvalue weighted by Gasteiger charge is 2.38. The summed E-state index contributed by atoms with van der Waals surface area (Å²) in [7, 11) is 1.51. The van der Waals surface area contributed by atoms with Crippen molar-refractivity contribution in [1.82, 2.24) is 9.80 Å². The fraction of sp³-hybridized carbons (Fsp3) is 0.846. The first-order chi connectivity index (χ1) is 9.65. The van der Waals surface area contributed by atoms with Gasteiger partial charge in [-0.15, -0.1) is 0 Å². The zero-order valence-corrected chi connectivity index (χ0v) is 11.9. The molecule has 0 radical (unpaired) electrons. The number of hydrogen-bond acceptors (Lipinski definition) is 5. The van der Waals surface area contributed by atoms with Crippen molar-refractivity contribution in [2.75, 3.05) is 46.6 Å². The summed E-state index contributed by atoms with van der Waals surface area (Å²) in [4.78, 5) is 28.2. The van der Waals surface area contributed by atoms with Crippen LogP contribution in [0.2, 0.25) is 0 Å². The predicted octanol–water partition coefficient (Wildman–Crippen LogP) is -1.19. The van der Waals surface area contributed by atoms with Crippen LogP contribution in [0.4, 0.5) is 0 Å². The van der Waals surface area contributed by atoms with Gasteiger partial charge < -0.3 is 25.0 Å². The number of ether oxygens (including phenoxy) is 2. The molecule has 2 aliphatic heterocycles. The Morgan fingerprint density at radius 1 is 1.35 bits per heavy atom. The minimum Gasteiger partial charge on any atom is -0.383 e. The lowest BCUT2D eigenvalue weighted by molar-refractivity contribution is -0.147. The van der Waals surface area contributed by atoms with Crippen LogP contribution in [0.1, 0.15) is 12.8 Å². The molecule has 7 nitrogen and oxygen atoms in total. The molecule has 0 spiro atoms. The number of morpholine rings is 1. The van der Waals surface area contributed by atoms with Gasteiger partial charge in [0.25, 0.3) is 0 Å². The molecule has 2 saturated heterocycles. The highest BCUT2D eigenvalue weighted by atomic mass is 16.5. The van der Waals surface area contributed by atoms with Crippen molar-refractivity contribution in [2.45, 2.75) is 24.9 Å². The third-order valence-electron chi connectivity index (χ3n) is 3.81. The van der Waals surface area contributed by atoms with E-state index in [-0.39, 0.29) is 24.5 Å².